The second kappa shape index (κ2) is 4.48. The van der Waals surface area contributed by atoms with E-state index >= 15 is 0 Å². The molecule has 0 saturated carbocycles. The Morgan fingerprint density at radius 3 is 2.94 bits per heavy atom. The topological polar surface area (TPSA) is 83.1 Å². The average molecular weight is 257 g/mol. The highest BCUT2D eigenvalue weighted by Gasteiger charge is 2.34. The lowest BCUT2D eigenvalue weighted by molar-refractivity contribution is -0.133. The van der Waals surface area contributed by atoms with Gasteiger partial charge in [0, 0.05) is 25.4 Å². The minimum absolute atomic E-state index is 0.0123. The summed E-state index contributed by atoms with van der Waals surface area (Å²) in [5, 5.41) is 6.47. The minimum atomic E-state index is -3.00. The molecule has 1 atom stereocenters. The first-order chi connectivity index (χ1) is 7.98. The molecule has 1 aliphatic heterocycles. The molecule has 17 heavy (non-hydrogen) atoms. The van der Waals surface area contributed by atoms with Crippen molar-refractivity contribution in [1.29, 1.82) is 0 Å². The number of nitrogens with zero attached hydrogens (tertiary/aromatic N) is 2. The average Bonchev–Trinajstić information content (AvgIpc) is 2.86. The van der Waals surface area contributed by atoms with Crippen molar-refractivity contribution in [2.45, 2.75) is 13.0 Å². The summed E-state index contributed by atoms with van der Waals surface area (Å²) in [6.07, 6.45) is 3.81. The summed E-state index contributed by atoms with van der Waals surface area (Å²) in [6.45, 7) is 0.450. The van der Waals surface area contributed by atoms with Crippen LogP contribution in [0.5, 0.6) is 0 Å². The molecule has 7 heteroatoms. The number of aromatic nitrogens is 2. The lowest BCUT2D eigenvalue weighted by atomic mass is 10.1. The van der Waals surface area contributed by atoms with Crippen LogP contribution in [-0.2, 0) is 21.2 Å². The van der Waals surface area contributed by atoms with Gasteiger partial charge in [-0.3, -0.25) is 9.89 Å². The van der Waals surface area contributed by atoms with Crippen molar-refractivity contribution in [3.05, 3.63) is 18.0 Å². The first-order valence-corrected chi connectivity index (χ1v) is 7.23. The molecule has 2 rings (SSSR count). The number of rotatable bonds is 3. The van der Waals surface area contributed by atoms with Crippen molar-refractivity contribution in [2.24, 2.45) is 5.92 Å². The largest absolute Gasteiger partial charge is 0.341 e. The van der Waals surface area contributed by atoms with Gasteiger partial charge in [0.1, 0.15) is 0 Å². The van der Waals surface area contributed by atoms with Gasteiger partial charge in [-0.1, -0.05) is 0 Å². The quantitative estimate of drug-likeness (QED) is 0.813. The molecular weight excluding hydrogens is 242 g/mol. The number of nitrogens with one attached hydrogen (secondary N) is 1. The molecule has 94 valence electrons. The van der Waals surface area contributed by atoms with Crippen LogP contribution < -0.4 is 0 Å². The zero-order valence-corrected chi connectivity index (χ0v) is 10.4. The van der Waals surface area contributed by atoms with E-state index in [1.807, 2.05) is 0 Å². The number of hydrogen-bond acceptors (Lipinski definition) is 4. The first-order valence-electron chi connectivity index (χ1n) is 5.41. The van der Waals surface area contributed by atoms with Crippen LogP contribution in [0.1, 0.15) is 12.0 Å². The third-order valence-corrected chi connectivity index (χ3v) is 4.70. The zero-order chi connectivity index (χ0) is 12.5. The Balaban J connectivity index is 1.96. The highest BCUT2D eigenvalue weighted by molar-refractivity contribution is 7.91. The van der Waals surface area contributed by atoms with Gasteiger partial charge in [-0.05, 0) is 6.42 Å². The lowest BCUT2D eigenvalue weighted by Crippen LogP contribution is -2.33. The number of H-pyrrole nitrogens is 1. The van der Waals surface area contributed by atoms with E-state index < -0.39 is 9.84 Å². The van der Waals surface area contributed by atoms with E-state index in [1.165, 1.54) is 0 Å². The van der Waals surface area contributed by atoms with Crippen molar-refractivity contribution in [3.63, 3.8) is 0 Å². The molecule has 1 aromatic heterocycles. The van der Waals surface area contributed by atoms with Gasteiger partial charge in [-0.25, -0.2) is 8.42 Å². The molecule has 0 spiro atoms. The van der Waals surface area contributed by atoms with Crippen LogP contribution in [0.4, 0.5) is 0 Å². The molecule has 1 amide bonds. The number of hydrogen-bond donors (Lipinski definition) is 1. The van der Waals surface area contributed by atoms with Crippen molar-refractivity contribution < 1.29 is 13.2 Å². The zero-order valence-electron chi connectivity index (χ0n) is 9.59. The van der Waals surface area contributed by atoms with E-state index in [2.05, 4.69) is 10.2 Å². The maximum Gasteiger partial charge on any atom is 0.226 e. The highest BCUT2D eigenvalue weighted by atomic mass is 32.2. The molecule has 1 saturated heterocycles. The van der Waals surface area contributed by atoms with Crippen LogP contribution in [0.15, 0.2) is 12.4 Å². The fraction of sp³-hybridized carbons (Fsp3) is 0.600. The smallest absolute Gasteiger partial charge is 0.226 e. The third-order valence-electron chi connectivity index (χ3n) is 2.93. The van der Waals surface area contributed by atoms with Crippen LogP contribution in [-0.4, -0.2) is 48.0 Å². The summed E-state index contributed by atoms with van der Waals surface area (Å²) in [5.41, 5.74) is 0.904. The molecule has 1 N–H and O–H groups in total. The lowest BCUT2D eigenvalue weighted by Gasteiger charge is -2.19. The van der Waals surface area contributed by atoms with E-state index in [0.29, 0.717) is 13.0 Å². The SMILES string of the molecule is CN(Cc1cn[nH]c1)C(=O)C1CCS(=O)(=O)C1. The van der Waals surface area contributed by atoms with Crippen LogP contribution in [0.3, 0.4) is 0 Å². The molecule has 6 nitrogen and oxygen atoms in total. The van der Waals surface area contributed by atoms with Crippen LogP contribution in [0.25, 0.3) is 0 Å². The van der Waals surface area contributed by atoms with Crippen LogP contribution in [0.2, 0.25) is 0 Å². The molecule has 0 aromatic carbocycles. The first kappa shape index (κ1) is 12.1. The summed E-state index contributed by atoms with van der Waals surface area (Å²) < 4.78 is 22.6. The summed E-state index contributed by atoms with van der Waals surface area (Å²) >= 11 is 0. The van der Waals surface area contributed by atoms with E-state index in [9.17, 15) is 13.2 Å². The third kappa shape index (κ3) is 2.85. The summed E-state index contributed by atoms with van der Waals surface area (Å²) in [4.78, 5) is 13.5. The number of amides is 1. The Bertz CT molecular complexity index is 495. The van der Waals surface area contributed by atoms with Gasteiger partial charge in [0.25, 0.3) is 0 Å². The minimum Gasteiger partial charge on any atom is -0.341 e. The van der Waals surface area contributed by atoms with Crippen LogP contribution in [0, 0.1) is 5.92 Å². The summed E-state index contributed by atoms with van der Waals surface area (Å²) in [7, 11) is -1.32. The van der Waals surface area contributed by atoms with Crippen molar-refractivity contribution in [1.82, 2.24) is 15.1 Å². The molecule has 2 heterocycles. The molecule has 0 radical (unpaired) electrons. The number of carbonyl (C=O) groups is 1. The molecule has 0 aliphatic carbocycles. The molecule has 1 aliphatic rings. The van der Waals surface area contributed by atoms with Gasteiger partial charge in [0.2, 0.25) is 5.91 Å². The normalized spacial score (nSPS) is 22.5. The van der Waals surface area contributed by atoms with E-state index in [-0.39, 0.29) is 23.3 Å². The van der Waals surface area contributed by atoms with E-state index in [0.717, 1.165) is 5.56 Å². The fourth-order valence-electron chi connectivity index (χ4n) is 2.02. The predicted molar refractivity (Wildman–Crippen MR) is 61.8 cm³/mol. The number of sulfone groups is 1. The Hall–Kier alpha value is -1.37. The van der Waals surface area contributed by atoms with Crippen LogP contribution >= 0.6 is 0 Å². The Kier molecular flexibility index (Phi) is 3.19. The van der Waals surface area contributed by atoms with Gasteiger partial charge >= 0.3 is 0 Å². The summed E-state index contributed by atoms with van der Waals surface area (Å²) in [6, 6.07) is 0. The fourth-order valence-corrected chi connectivity index (χ4v) is 3.75. The maximum atomic E-state index is 12.0. The van der Waals surface area contributed by atoms with E-state index in [4.69, 9.17) is 0 Å². The van der Waals surface area contributed by atoms with Gasteiger partial charge in [-0.2, -0.15) is 5.10 Å². The summed E-state index contributed by atoms with van der Waals surface area (Å²) in [5.74, 6) is -0.367. The molecule has 1 fully saturated rings. The van der Waals surface area contributed by atoms with Gasteiger partial charge in [-0.15, -0.1) is 0 Å². The Morgan fingerprint density at radius 2 is 2.41 bits per heavy atom. The Morgan fingerprint density at radius 1 is 1.65 bits per heavy atom. The van der Waals surface area contributed by atoms with Gasteiger partial charge < -0.3 is 4.90 Å². The van der Waals surface area contributed by atoms with E-state index in [1.54, 1.807) is 24.3 Å². The molecule has 1 aromatic rings. The standard InChI is InChI=1S/C10H15N3O3S/c1-13(6-8-4-11-12-5-8)10(14)9-2-3-17(15,16)7-9/h4-5,9H,2-3,6-7H2,1H3,(H,11,12). The second-order valence-corrected chi connectivity index (χ2v) is 6.63. The van der Waals surface area contributed by atoms with Crippen molar-refractivity contribution in [2.75, 3.05) is 18.6 Å². The van der Waals surface area contributed by atoms with Gasteiger partial charge in [0.15, 0.2) is 9.84 Å². The maximum absolute atomic E-state index is 12.0. The molecular formula is C10H15N3O3S. The van der Waals surface area contributed by atoms with Crippen molar-refractivity contribution in [3.8, 4) is 0 Å². The highest BCUT2D eigenvalue weighted by Crippen LogP contribution is 2.20. The van der Waals surface area contributed by atoms with Crippen molar-refractivity contribution >= 4 is 15.7 Å². The number of carbonyl (C=O) groups excluding carboxylic acids is 1. The molecule has 1 unspecified atom stereocenters. The predicted octanol–water partition coefficient (Wildman–Crippen LogP) is -0.197. The van der Waals surface area contributed by atoms with Gasteiger partial charge in [0.05, 0.1) is 23.6 Å². The second-order valence-electron chi connectivity index (χ2n) is 4.40. The number of aromatic amines is 1. The monoisotopic (exact) mass is 257 g/mol. The molecule has 0 bridgehead atoms. The Labute approximate surface area is 99.9 Å².